The van der Waals surface area contributed by atoms with Crippen molar-refractivity contribution in [3.8, 4) is 5.75 Å². The first-order chi connectivity index (χ1) is 11.6. The number of fused-ring (bicyclic) bond motifs is 2. The summed E-state index contributed by atoms with van der Waals surface area (Å²) in [6.07, 6.45) is -0.534. The molecule has 4 rings (SSSR count). The first kappa shape index (κ1) is 14.3. The second-order valence-corrected chi connectivity index (χ2v) is 5.53. The molecule has 0 saturated carbocycles. The maximum Gasteiger partial charge on any atom is 0.276 e. The maximum absolute atomic E-state index is 12.5. The van der Waals surface area contributed by atoms with Crippen LogP contribution in [0.25, 0.3) is 10.9 Å². The molecule has 0 aliphatic carbocycles. The smallest absolute Gasteiger partial charge is 0.276 e. The zero-order chi connectivity index (χ0) is 16.7. The Hall–Kier alpha value is -3.35. The SMILES string of the molecule is C[C@H]1Oc2ccc(NC(=O)c3n[nH]c4ccccc34)cc2NC1=O. The van der Waals surface area contributed by atoms with Gasteiger partial charge < -0.3 is 15.4 Å². The van der Waals surface area contributed by atoms with Crippen LogP contribution < -0.4 is 15.4 Å². The van der Waals surface area contributed by atoms with Gasteiger partial charge in [0.15, 0.2) is 11.8 Å². The van der Waals surface area contributed by atoms with Gasteiger partial charge in [-0.1, -0.05) is 18.2 Å². The molecule has 3 aromatic rings. The molecule has 2 amide bonds. The summed E-state index contributed by atoms with van der Waals surface area (Å²) in [4.78, 5) is 24.1. The number of rotatable bonds is 2. The van der Waals surface area contributed by atoms with Gasteiger partial charge in [0, 0.05) is 11.1 Å². The van der Waals surface area contributed by atoms with Crippen LogP contribution in [-0.2, 0) is 4.79 Å². The number of nitrogens with zero attached hydrogens (tertiary/aromatic N) is 1. The van der Waals surface area contributed by atoms with Gasteiger partial charge in [0.2, 0.25) is 0 Å². The summed E-state index contributed by atoms with van der Waals surface area (Å²) in [6, 6.07) is 12.5. The third kappa shape index (κ3) is 2.36. The second-order valence-electron chi connectivity index (χ2n) is 5.53. The molecule has 120 valence electrons. The number of aromatic nitrogens is 2. The van der Waals surface area contributed by atoms with Gasteiger partial charge >= 0.3 is 0 Å². The van der Waals surface area contributed by atoms with E-state index in [1.165, 1.54) is 0 Å². The lowest BCUT2D eigenvalue weighted by atomic mass is 10.2. The van der Waals surface area contributed by atoms with Crippen LogP contribution >= 0.6 is 0 Å². The van der Waals surface area contributed by atoms with Crippen LogP contribution in [0.15, 0.2) is 42.5 Å². The number of para-hydroxylation sites is 1. The van der Waals surface area contributed by atoms with Crippen LogP contribution in [0.1, 0.15) is 17.4 Å². The van der Waals surface area contributed by atoms with E-state index in [9.17, 15) is 9.59 Å². The summed E-state index contributed by atoms with van der Waals surface area (Å²) in [5.74, 6) is 0.0263. The Morgan fingerprint density at radius 3 is 2.96 bits per heavy atom. The third-order valence-electron chi connectivity index (χ3n) is 3.85. The van der Waals surface area contributed by atoms with Gasteiger partial charge in [-0.3, -0.25) is 14.7 Å². The number of carbonyl (C=O) groups is 2. The molecule has 0 fully saturated rings. The van der Waals surface area contributed by atoms with E-state index in [-0.39, 0.29) is 11.8 Å². The maximum atomic E-state index is 12.5. The van der Waals surface area contributed by atoms with Crippen molar-refractivity contribution >= 4 is 34.1 Å². The van der Waals surface area contributed by atoms with Gasteiger partial charge in [-0.2, -0.15) is 5.10 Å². The quantitative estimate of drug-likeness (QED) is 0.675. The molecule has 2 heterocycles. The molecule has 0 unspecified atom stereocenters. The molecule has 1 aromatic heterocycles. The molecule has 1 atom stereocenters. The molecule has 3 N–H and O–H groups in total. The number of benzene rings is 2. The number of hydrogen-bond donors (Lipinski definition) is 3. The van der Waals surface area contributed by atoms with Crippen molar-refractivity contribution < 1.29 is 14.3 Å². The number of amides is 2. The zero-order valence-corrected chi connectivity index (χ0v) is 12.8. The Morgan fingerprint density at radius 2 is 2.08 bits per heavy atom. The number of ether oxygens (including phenoxy) is 1. The normalized spacial score (nSPS) is 16.2. The van der Waals surface area contributed by atoms with Crippen LogP contribution in [-0.4, -0.2) is 28.1 Å². The fraction of sp³-hybridized carbons (Fsp3) is 0.118. The fourth-order valence-corrected chi connectivity index (χ4v) is 2.61. The van der Waals surface area contributed by atoms with Gasteiger partial charge in [-0.25, -0.2) is 0 Å². The van der Waals surface area contributed by atoms with E-state index in [4.69, 9.17) is 4.74 Å². The lowest BCUT2D eigenvalue weighted by molar-refractivity contribution is -0.122. The van der Waals surface area contributed by atoms with Crippen LogP contribution in [0.4, 0.5) is 11.4 Å². The third-order valence-corrected chi connectivity index (χ3v) is 3.85. The van der Waals surface area contributed by atoms with Crippen LogP contribution in [0.2, 0.25) is 0 Å². The van der Waals surface area contributed by atoms with Crippen molar-refractivity contribution in [2.45, 2.75) is 13.0 Å². The minimum Gasteiger partial charge on any atom is -0.479 e. The molecule has 0 bridgehead atoms. The van der Waals surface area contributed by atoms with Gasteiger partial charge in [-0.15, -0.1) is 0 Å². The van der Waals surface area contributed by atoms with Crippen LogP contribution in [0.3, 0.4) is 0 Å². The predicted molar refractivity (Wildman–Crippen MR) is 89.2 cm³/mol. The fourth-order valence-electron chi connectivity index (χ4n) is 2.61. The number of carbonyl (C=O) groups excluding carboxylic acids is 2. The van der Waals surface area contributed by atoms with Crippen LogP contribution in [0.5, 0.6) is 5.75 Å². The number of anilines is 2. The molecule has 2 aromatic carbocycles. The van der Waals surface area contributed by atoms with E-state index in [0.29, 0.717) is 22.8 Å². The minimum absolute atomic E-state index is 0.218. The summed E-state index contributed by atoms with van der Waals surface area (Å²) >= 11 is 0. The van der Waals surface area contributed by atoms with Crippen LogP contribution in [0, 0.1) is 0 Å². The van der Waals surface area contributed by atoms with E-state index in [2.05, 4.69) is 20.8 Å². The second kappa shape index (κ2) is 5.38. The first-order valence-electron chi connectivity index (χ1n) is 7.48. The Bertz CT molecular complexity index is 963. The highest BCUT2D eigenvalue weighted by molar-refractivity contribution is 6.11. The topological polar surface area (TPSA) is 96.1 Å². The Morgan fingerprint density at radius 1 is 1.25 bits per heavy atom. The Balaban J connectivity index is 1.60. The summed E-state index contributed by atoms with van der Waals surface area (Å²) in [7, 11) is 0. The first-order valence-corrected chi connectivity index (χ1v) is 7.48. The summed E-state index contributed by atoms with van der Waals surface area (Å²) in [5, 5.41) is 13.2. The number of hydrogen-bond acceptors (Lipinski definition) is 4. The highest BCUT2D eigenvalue weighted by atomic mass is 16.5. The average Bonchev–Trinajstić information content (AvgIpc) is 3.00. The van der Waals surface area contributed by atoms with Gasteiger partial charge in [0.1, 0.15) is 5.75 Å². The average molecular weight is 322 g/mol. The summed E-state index contributed by atoms with van der Waals surface area (Å²) in [6.45, 7) is 1.68. The Kier molecular flexibility index (Phi) is 3.19. The molecule has 24 heavy (non-hydrogen) atoms. The summed E-state index contributed by atoms with van der Waals surface area (Å²) < 4.78 is 5.49. The van der Waals surface area contributed by atoms with Crippen molar-refractivity contribution in [1.82, 2.24) is 10.2 Å². The van der Waals surface area contributed by atoms with Crippen molar-refractivity contribution in [2.24, 2.45) is 0 Å². The van der Waals surface area contributed by atoms with Gasteiger partial charge in [-0.05, 0) is 31.2 Å². The van der Waals surface area contributed by atoms with E-state index < -0.39 is 6.10 Å². The van der Waals surface area contributed by atoms with Crippen molar-refractivity contribution in [3.63, 3.8) is 0 Å². The molecular weight excluding hydrogens is 308 g/mol. The standard InChI is InChI=1S/C17H14N4O3/c1-9-16(22)19-13-8-10(6-7-14(13)24-9)18-17(23)15-11-4-2-3-5-12(11)20-21-15/h2-9H,1H3,(H,18,23)(H,19,22)(H,20,21)/t9-/m1/s1. The molecule has 0 saturated heterocycles. The number of nitrogens with one attached hydrogen (secondary N) is 3. The molecule has 7 nitrogen and oxygen atoms in total. The molecule has 1 aliphatic rings. The van der Waals surface area contributed by atoms with Gasteiger partial charge in [0.25, 0.3) is 11.8 Å². The lowest BCUT2D eigenvalue weighted by Gasteiger charge is -2.23. The molecule has 1 aliphatic heterocycles. The highest BCUT2D eigenvalue weighted by Gasteiger charge is 2.24. The monoisotopic (exact) mass is 322 g/mol. The lowest BCUT2D eigenvalue weighted by Crippen LogP contribution is -2.34. The summed E-state index contributed by atoms with van der Waals surface area (Å²) in [5.41, 5.74) is 2.19. The van der Waals surface area contributed by atoms with E-state index in [1.807, 2.05) is 24.3 Å². The highest BCUT2D eigenvalue weighted by Crippen LogP contribution is 2.32. The molecule has 0 radical (unpaired) electrons. The zero-order valence-electron chi connectivity index (χ0n) is 12.8. The van der Waals surface area contributed by atoms with E-state index in [1.54, 1.807) is 25.1 Å². The molecule has 7 heteroatoms. The van der Waals surface area contributed by atoms with Crippen molar-refractivity contribution in [3.05, 3.63) is 48.2 Å². The van der Waals surface area contributed by atoms with Crippen molar-refractivity contribution in [2.75, 3.05) is 10.6 Å². The Labute approximate surface area is 137 Å². The molecule has 0 spiro atoms. The van der Waals surface area contributed by atoms with E-state index in [0.717, 1.165) is 10.9 Å². The molecular formula is C17H14N4O3. The minimum atomic E-state index is -0.534. The number of H-pyrrole nitrogens is 1. The largest absolute Gasteiger partial charge is 0.479 e. The predicted octanol–water partition coefficient (Wildman–Crippen LogP) is 2.53. The van der Waals surface area contributed by atoms with E-state index >= 15 is 0 Å². The van der Waals surface area contributed by atoms with Crippen molar-refractivity contribution in [1.29, 1.82) is 0 Å². The van der Waals surface area contributed by atoms with Gasteiger partial charge in [0.05, 0.1) is 11.2 Å². The number of aromatic amines is 1.